The number of carbonyl (C=O) groups is 1. The number of halogens is 1. The summed E-state index contributed by atoms with van der Waals surface area (Å²) in [5.74, 6) is -0.0617. The number of hydrogen-bond donors (Lipinski definition) is 0. The lowest BCUT2D eigenvalue weighted by molar-refractivity contribution is -0.131. The molecule has 1 fully saturated rings. The smallest absolute Gasteiger partial charge is 0.245 e. The van der Waals surface area contributed by atoms with E-state index in [4.69, 9.17) is 16.3 Å². The molecule has 1 amide bonds. The Morgan fingerprint density at radius 3 is 2.76 bits per heavy atom. The standard InChI is InChI=1S/C13H16ClNO2/c1-15(11-7-8-17-9-11)13(16)12(14)10-5-3-2-4-6-10/h2-6,11-12H,7-9H2,1H3. The fourth-order valence-electron chi connectivity index (χ4n) is 1.95. The van der Waals surface area contributed by atoms with Crippen LogP contribution >= 0.6 is 11.6 Å². The Balaban J connectivity index is 2.04. The lowest BCUT2D eigenvalue weighted by atomic mass is 10.1. The van der Waals surface area contributed by atoms with Gasteiger partial charge in [0, 0.05) is 13.7 Å². The predicted octanol–water partition coefficient (Wildman–Crippen LogP) is 2.21. The van der Waals surface area contributed by atoms with Crippen LogP contribution in [0.4, 0.5) is 0 Å². The molecule has 0 aliphatic carbocycles. The molecule has 0 radical (unpaired) electrons. The lowest BCUT2D eigenvalue weighted by Crippen LogP contribution is -2.39. The van der Waals surface area contributed by atoms with Crippen molar-refractivity contribution in [2.75, 3.05) is 20.3 Å². The van der Waals surface area contributed by atoms with E-state index in [1.54, 1.807) is 11.9 Å². The van der Waals surface area contributed by atoms with E-state index in [2.05, 4.69) is 0 Å². The SMILES string of the molecule is CN(C(=O)C(Cl)c1ccccc1)C1CCOC1. The van der Waals surface area contributed by atoms with Gasteiger partial charge in [0.05, 0.1) is 12.6 Å². The quantitative estimate of drug-likeness (QED) is 0.773. The number of ether oxygens (including phenoxy) is 1. The average Bonchev–Trinajstić information content (AvgIpc) is 2.91. The normalized spacial score (nSPS) is 21.2. The monoisotopic (exact) mass is 253 g/mol. The van der Waals surface area contributed by atoms with Crippen LogP contribution in [0.1, 0.15) is 17.4 Å². The number of amides is 1. The molecule has 1 saturated heterocycles. The summed E-state index contributed by atoms with van der Waals surface area (Å²) in [5.41, 5.74) is 0.838. The molecule has 2 atom stereocenters. The third kappa shape index (κ3) is 2.79. The van der Waals surface area contributed by atoms with Gasteiger partial charge in [0.25, 0.3) is 0 Å². The van der Waals surface area contributed by atoms with E-state index in [0.717, 1.165) is 18.6 Å². The van der Waals surface area contributed by atoms with Crippen molar-refractivity contribution in [1.82, 2.24) is 4.90 Å². The zero-order valence-corrected chi connectivity index (χ0v) is 10.6. The topological polar surface area (TPSA) is 29.5 Å². The molecule has 1 aromatic carbocycles. The van der Waals surface area contributed by atoms with E-state index >= 15 is 0 Å². The summed E-state index contributed by atoms with van der Waals surface area (Å²) >= 11 is 6.20. The highest BCUT2D eigenvalue weighted by molar-refractivity contribution is 6.30. The first-order valence-electron chi connectivity index (χ1n) is 5.73. The summed E-state index contributed by atoms with van der Waals surface area (Å²) in [6.07, 6.45) is 0.890. The molecular weight excluding hydrogens is 238 g/mol. The van der Waals surface area contributed by atoms with Crippen molar-refractivity contribution in [1.29, 1.82) is 0 Å². The first-order chi connectivity index (χ1) is 8.20. The number of hydrogen-bond acceptors (Lipinski definition) is 2. The van der Waals surface area contributed by atoms with Gasteiger partial charge < -0.3 is 9.64 Å². The molecule has 1 heterocycles. The van der Waals surface area contributed by atoms with Gasteiger partial charge in [-0.05, 0) is 12.0 Å². The Bertz CT molecular complexity index is 376. The second-order valence-electron chi connectivity index (χ2n) is 4.24. The molecule has 1 aliphatic rings. The molecule has 0 N–H and O–H groups in total. The van der Waals surface area contributed by atoms with Crippen molar-refractivity contribution in [3.8, 4) is 0 Å². The summed E-state index contributed by atoms with van der Waals surface area (Å²) in [6, 6.07) is 9.58. The maximum absolute atomic E-state index is 12.2. The Kier molecular flexibility index (Phi) is 4.02. The first kappa shape index (κ1) is 12.4. The third-order valence-corrected chi connectivity index (χ3v) is 3.55. The molecule has 0 bridgehead atoms. The molecule has 4 heteroatoms. The fraction of sp³-hybridized carbons (Fsp3) is 0.462. The number of likely N-dealkylation sites (N-methyl/N-ethyl adjacent to an activating group) is 1. The molecule has 2 unspecified atom stereocenters. The van der Waals surface area contributed by atoms with Crippen molar-refractivity contribution in [3.05, 3.63) is 35.9 Å². The van der Waals surface area contributed by atoms with Gasteiger partial charge in [-0.25, -0.2) is 0 Å². The van der Waals surface area contributed by atoms with E-state index in [9.17, 15) is 4.79 Å². The van der Waals surface area contributed by atoms with E-state index in [0.29, 0.717) is 6.61 Å². The number of rotatable bonds is 3. The van der Waals surface area contributed by atoms with Crippen molar-refractivity contribution >= 4 is 17.5 Å². The minimum atomic E-state index is -0.609. The molecule has 1 aliphatic heterocycles. The van der Waals surface area contributed by atoms with Gasteiger partial charge >= 0.3 is 0 Å². The maximum Gasteiger partial charge on any atom is 0.245 e. The van der Waals surface area contributed by atoms with Gasteiger partial charge in [-0.1, -0.05) is 30.3 Å². The molecule has 0 aromatic heterocycles. The van der Waals surface area contributed by atoms with Crippen LogP contribution in [0.3, 0.4) is 0 Å². The van der Waals surface area contributed by atoms with E-state index in [1.807, 2.05) is 30.3 Å². The summed E-state index contributed by atoms with van der Waals surface area (Å²) < 4.78 is 5.28. The average molecular weight is 254 g/mol. The minimum absolute atomic E-state index is 0.0617. The third-order valence-electron chi connectivity index (χ3n) is 3.11. The number of benzene rings is 1. The molecule has 2 rings (SSSR count). The summed E-state index contributed by atoms with van der Waals surface area (Å²) in [5, 5.41) is -0.609. The van der Waals surface area contributed by atoms with Crippen LogP contribution in [0.15, 0.2) is 30.3 Å². The molecule has 17 heavy (non-hydrogen) atoms. The molecule has 0 spiro atoms. The summed E-state index contributed by atoms with van der Waals surface area (Å²) in [4.78, 5) is 13.9. The Hall–Kier alpha value is -1.06. The van der Waals surface area contributed by atoms with Gasteiger partial charge in [-0.15, -0.1) is 11.6 Å². The highest BCUT2D eigenvalue weighted by Crippen LogP contribution is 2.24. The second-order valence-corrected chi connectivity index (χ2v) is 4.68. The van der Waals surface area contributed by atoms with Crippen LogP contribution < -0.4 is 0 Å². The van der Waals surface area contributed by atoms with Crippen molar-refractivity contribution in [3.63, 3.8) is 0 Å². The molecule has 92 valence electrons. The van der Waals surface area contributed by atoms with Crippen molar-refractivity contribution in [2.45, 2.75) is 17.8 Å². The zero-order valence-electron chi connectivity index (χ0n) is 9.80. The van der Waals surface area contributed by atoms with Crippen LogP contribution in [0.25, 0.3) is 0 Å². The minimum Gasteiger partial charge on any atom is -0.379 e. The van der Waals surface area contributed by atoms with Gasteiger partial charge in [0.1, 0.15) is 5.38 Å². The van der Waals surface area contributed by atoms with Gasteiger partial charge in [0.2, 0.25) is 5.91 Å². The van der Waals surface area contributed by atoms with Gasteiger partial charge in [-0.2, -0.15) is 0 Å². The Labute approximate surface area is 106 Å². The van der Waals surface area contributed by atoms with E-state index in [-0.39, 0.29) is 11.9 Å². The van der Waals surface area contributed by atoms with Crippen LogP contribution in [0.2, 0.25) is 0 Å². The highest BCUT2D eigenvalue weighted by atomic mass is 35.5. The van der Waals surface area contributed by atoms with Crippen LogP contribution in [0.5, 0.6) is 0 Å². The Morgan fingerprint density at radius 2 is 2.18 bits per heavy atom. The zero-order chi connectivity index (χ0) is 12.3. The van der Waals surface area contributed by atoms with Crippen LogP contribution in [-0.4, -0.2) is 37.1 Å². The summed E-state index contributed by atoms with van der Waals surface area (Å²) in [7, 11) is 1.79. The van der Waals surface area contributed by atoms with Crippen molar-refractivity contribution < 1.29 is 9.53 Å². The summed E-state index contributed by atoms with van der Waals surface area (Å²) in [6.45, 7) is 1.33. The lowest BCUT2D eigenvalue weighted by Gasteiger charge is -2.25. The maximum atomic E-state index is 12.2. The highest BCUT2D eigenvalue weighted by Gasteiger charge is 2.28. The second kappa shape index (κ2) is 5.52. The van der Waals surface area contributed by atoms with E-state index in [1.165, 1.54) is 0 Å². The molecule has 0 saturated carbocycles. The van der Waals surface area contributed by atoms with Crippen LogP contribution in [0, 0.1) is 0 Å². The number of carbonyl (C=O) groups excluding carboxylic acids is 1. The fourth-order valence-corrected chi connectivity index (χ4v) is 2.25. The van der Waals surface area contributed by atoms with Gasteiger partial charge in [0.15, 0.2) is 0 Å². The largest absolute Gasteiger partial charge is 0.379 e. The number of nitrogens with zero attached hydrogens (tertiary/aromatic N) is 1. The molecule has 3 nitrogen and oxygen atoms in total. The number of alkyl halides is 1. The Morgan fingerprint density at radius 1 is 1.47 bits per heavy atom. The predicted molar refractivity (Wildman–Crippen MR) is 67.0 cm³/mol. The van der Waals surface area contributed by atoms with Crippen LogP contribution in [-0.2, 0) is 9.53 Å². The molecule has 1 aromatic rings. The molecular formula is C13H16ClNO2. The van der Waals surface area contributed by atoms with Gasteiger partial charge in [-0.3, -0.25) is 4.79 Å². The van der Waals surface area contributed by atoms with Crippen molar-refractivity contribution in [2.24, 2.45) is 0 Å². The first-order valence-corrected chi connectivity index (χ1v) is 6.17. The van der Waals surface area contributed by atoms with E-state index < -0.39 is 5.38 Å².